The molecule has 0 amide bonds. The van der Waals surface area contributed by atoms with Gasteiger partial charge in [-0.25, -0.2) is 4.79 Å². The molecule has 1 heterocycles. The average Bonchev–Trinajstić information content (AvgIpc) is 2.53. The zero-order valence-electron chi connectivity index (χ0n) is 12.3. The normalized spacial score (nSPS) is 11.7. The van der Waals surface area contributed by atoms with E-state index in [1.165, 1.54) is 13.2 Å². The van der Waals surface area contributed by atoms with Crippen LogP contribution in [-0.2, 0) is 6.18 Å². The molecule has 7 heteroatoms. The minimum atomic E-state index is -4.45. The molecule has 0 radical (unpaired) electrons. The molecule has 3 nitrogen and oxygen atoms in total. The van der Waals surface area contributed by atoms with Gasteiger partial charge in [-0.15, -0.1) is 0 Å². The molecular formula is C17H10BrF3O3. The number of rotatable bonds is 2. The highest BCUT2D eigenvalue weighted by molar-refractivity contribution is 9.10. The Morgan fingerprint density at radius 2 is 1.79 bits per heavy atom. The van der Waals surface area contributed by atoms with Gasteiger partial charge in [0.25, 0.3) is 0 Å². The van der Waals surface area contributed by atoms with Crippen LogP contribution in [-0.4, -0.2) is 7.11 Å². The zero-order valence-corrected chi connectivity index (χ0v) is 13.9. The van der Waals surface area contributed by atoms with Crippen LogP contribution in [0.15, 0.2) is 56.1 Å². The molecule has 0 aliphatic rings. The van der Waals surface area contributed by atoms with Gasteiger partial charge < -0.3 is 9.15 Å². The summed E-state index contributed by atoms with van der Waals surface area (Å²) >= 11 is 3.10. The van der Waals surface area contributed by atoms with Crippen molar-refractivity contribution in [2.75, 3.05) is 7.11 Å². The highest BCUT2D eigenvalue weighted by Crippen LogP contribution is 2.35. The Bertz CT molecular complexity index is 977. The molecule has 0 aliphatic carbocycles. The van der Waals surface area contributed by atoms with E-state index in [0.717, 1.165) is 12.1 Å². The summed E-state index contributed by atoms with van der Waals surface area (Å²) in [5.74, 6) is 0.536. The average molecular weight is 399 g/mol. The number of halogens is 4. The first kappa shape index (κ1) is 16.6. The van der Waals surface area contributed by atoms with E-state index in [2.05, 4.69) is 15.9 Å². The standard InChI is InChI=1S/C17H10BrF3O3/c1-23-11-4-2-9-6-13(16(22)24-15(9)8-11)12-5-3-10(7-14(12)18)17(19,20)21/h2-8H,1H3. The minimum Gasteiger partial charge on any atom is -0.497 e. The largest absolute Gasteiger partial charge is 0.497 e. The molecule has 0 N–H and O–H groups in total. The fraction of sp³-hybridized carbons (Fsp3) is 0.118. The van der Waals surface area contributed by atoms with Crippen molar-refractivity contribution in [2.45, 2.75) is 6.18 Å². The van der Waals surface area contributed by atoms with Gasteiger partial charge in [0.1, 0.15) is 11.3 Å². The third-order valence-electron chi connectivity index (χ3n) is 3.53. The summed E-state index contributed by atoms with van der Waals surface area (Å²) in [5.41, 5.74) is -0.599. The van der Waals surface area contributed by atoms with E-state index in [-0.39, 0.29) is 10.0 Å². The van der Waals surface area contributed by atoms with Crippen LogP contribution in [0.5, 0.6) is 5.75 Å². The van der Waals surface area contributed by atoms with E-state index >= 15 is 0 Å². The lowest BCUT2D eigenvalue weighted by molar-refractivity contribution is -0.137. The smallest absolute Gasteiger partial charge is 0.416 e. The maximum Gasteiger partial charge on any atom is 0.416 e. The quantitative estimate of drug-likeness (QED) is 0.553. The maximum atomic E-state index is 12.7. The lowest BCUT2D eigenvalue weighted by Crippen LogP contribution is -2.06. The first-order valence-electron chi connectivity index (χ1n) is 6.78. The predicted octanol–water partition coefficient (Wildman–Crippen LogP) is 5.25. The second kappa shape index (κ2) is 5.98. The van der Waals surface area contributed by atoms with E-state index < -0.39 is 17.4 Å². The SMILES string of the molecule is COc1ccc2cc(-c3ccc(C(F)(F)F)cc3Br)c(=O)oc2c1. The van der Waals surface area contributed by atoms with Crippen molar-refractivity contribution in [3.63, 3.8) is 0 Å². The van der Waals surface area contributed by atoms with Gasteiger partial charge in [0.2, 0.25) is 0 Å². The van der Waals surface area contributed by atoms with Crippen molar-refractivity contribution in [1.82, 2.24) is 0 Å². The monoisotopic (exact) mass is 398 g/mol. The van der Waals surface area contributed by atoms with Crippen LogP contribution >= 0.6 is 15.9 Å². The Labute approximate surface area is 142 Å². The van der Waals surface area contributed by atoms with Crippen molar-refractivity contribution < 1.29 is 22.3 Å². The van der Waals surface area contributed by atoms with Crippen molar-refractivity contribution in [1.29, 1.82) is 0 Å². The number of alkyl halides is 3. The van der Waals surface area contributed by atoms with Gasteiger partial charge in [-0.3, -0.25) is 0 Å². The van der Waals surface area contributed by atoms with Gasteiger partial charge in [-0.1, -0.05) is 22.0 Å². The molecule has 0 spiro atoms. The van der Waals surface area contributed by atoms with Gasteiger partial charge in [0, 0.05) is 21.5 Å². The third kappa shape index (κ3) is 3.03. The molecule has 24 heavy (non-hydrogen) atoms. The summed E-state index contributed by atoms with van der Waals surface area (Å²) in [6, 6.07) is 9.67. The Balaban J connectivity index is 2.16. The molecule has 0 atom stereocenters. The number of fused-ring (bicyclic) bond motifs is 1. The molecule has 1 aromatic heterocycles. The summed E-state index contributed by atoms with van der Waals surface area (Å²) in [6.45, 7) is 0. The number of hydrogen-bond acceptors (Lipinski definition) is 3. The van der Waals surface area contributed by atoms with Crippen LogP contribution in [0.1, 0.15) is 5.56 Å². The molecule has 0 fully saturated rings. The molecule has 0 unspecified atom stereocenters. The second-order valence-electron chi connectivity index (χ2n) is 5.04. The Morgan fingerprint density at radius 1 is 1.04 bits per heavy atom. The molecule has 3 rings (SSSR count). The van der Waals surface area contributed by atoms with Crippen LogP contribution in [0.2, 0.25) is 0 Å². The van der Waals surface area contributed by atoms with Crippen LogP contribution in [0, 0.1) is 0 Å². The third-order valence-corrected chi connectivity index (χ3v) is 4.19. The van der Waals surface area contributed by atoms with Crippen molar-refractivity contribution in [2.24, 2.45) is 0 Å². The Hall–Kier alpha value is -2.28. The molecular weight excluding hydrogens is 389 g/mol. The molecule has 0 saturated heterocycles. The summed E-state index contributed by atoms with van der Waals surface area (Å²) in [5, 5.41) is 0.636. The van der Waals surface area contributed by atoms with Crippen LogP contribution < -0.4 is 10.4 Å². The molecule has 0 bridgehead atoms. The minimum absolute atomic E-state index is 0.164. The van der Waals surface area contributed by atoms with Crippen molar-refractivity contribution in [3.05, 3.63) is 62.9 Å². The lowest BCUT2D eigenvalue weighted by atomic mass is 10.0. The van der Waals surface area contributed by atoms with E-state index in [9.17, 15) is 18.0 Å². The fourth-order valence-electron chi connectivity index (χ4n) is 2.32. The molecule has 0 aliphatic heterocycles. The lowest BCUT2D eigenvalue weighted by Gasteiger charge is -2.10. The van der Waals surface area contributed by atoms with Crippen LogP contribution in [0.25, 0.3) is 22.1 Å². The molecule has 2 aromatic carbocycles. The fourth-order valence-corrected chi connectivity index (χ4v) is 2.91. The first-order valence-corrected chi connectivity index (χ1v) is 7.58. The highest BCUT2D eigenvalue weighted by atomic mass is 79.9. The zero-order chi connectivity index (χ0) is 17.5. The molecule has 3 aromatic rings. The van der Waals surface area contributed by atoms with Crippen molar-refractivity contribution >= 4 is 26.9 Å². The Kier molecular flexibility index (Phi) is 4.13. The van der Waals surface area contributed by atoms with Crippen molar-refractivity contribution in [3.8, 4) is 16.9 Å². The summed E-state index contributed by atoms with van der Waals surface area (Å²) in [6.07, 6.45) is -4.45. The maximum absolute atomic E-state index is 12.7. The summed E-state index contributed by atoms with van der Waals surface area (Å²) < 4.78 is 48.7. The van der Waals surface area contributed by atoms with Gasteiger partial charge in [-0.05, 0) is 30.3 Å². The van der Waals surface area contributed by atoms with Gasteiger partial charge in [-0.2, -0.15) is 13.2 Å². The topological polar surface area (TPSA) is 39.4 Å². The highest BCUT2D eigenvalue weighted by Gasteiger charge is 2.31. The first-order chi connectivity index (χ1) is 11.3. The number of ether oxygens (including phenoxy) is 1. The van der Waals surface area contributed by atoms with E-state index in [1.807, 2.05) is 0 Å². The summed E-state index contributed by atoms with van der Waals surface area (Å²) in [7, 11) is 1.49. The van der Waals surface area contributed by atoms with Gasteiger partial charge >= 0.3 is 11.8 Å². The molecule has 124 valence electrons. The second-order valence-corrected chi connectivity index (χ2v) is 5.90. The number of methoxy groups -OCH3 is 1. The van der Waals surface area contributed by atoms with Crippen LogP contribution in [0.3, 0.4) is 0 Å². The molecule has 0 saturated carbocycles. The van der Waals surface area contributed by atoms with E-state index in [4.69, 9.17) is 9.15 Å². The van der Waals surface area contributed by atoms with Crippen LogP contribution in [0.4, 0.5) is 13.2 Å². The summed E-state index contributed by atoms with van der Waals surface area (Å²) in [4.78, 5) is 12.2. The van der Waals surface area contributed by atoms with Gasteiger partial charge in [0.15, 0.2) is 0 Å². The van der Waals surface area contributed by atoms with E-state index in [1.54, 1.807) is 24.3 Å². The number of hydrogen-bond donors (Lipinski definition) is 0. The van der Waals surface area contributed by atoms with E-state index in [0.29, 0.717) is 22.3 Å². The predicted molar refractivity (Wildman–Crippen MR) is 87.2 cm³/mol. The Morgan fingerprint density at radius 3 is 2.42 bits per heavy atom. The van der Waals surface area contributed by atoms with Gasteiger partial charge in [0.05, 0.1) is 18.2 Å². The number of benzene rings is 2.